The van der Waals surface area contributed by atoms with Crippen LogP contribution < -0.4 is 15.4 Å². The number of hydrogen-bond donors (Lipinski definition) is 2. The molecule has 0 fully saturated rings. The van der Waals surface area contributed by atoms with Crippen molar-refractivity contribution in [3.05, 3.63) is 53.7 Å². The van der Waals surface area contributed by atoms with Crippen molar-refractivity contribution < 1.29 is 14.3 Å². The van der Waals surface area contributed by atoms with E-state index in [2.05, 4.69) is 15.6 Å². The molecule has 22 heavy (non-hydrogen) atoms. The van der Waals surface area contributed by atoms with Crippen LogP contribution in [0.1, 0.15) is 11.1 Å². The van der Waals surface area contributed by atoms with Crippen LogP contribution in [-0.2, 0) is 16.1 Å². The highest BCUT2D eigenvalue weighted by molar-refractivity contribution is 6.39. The maximum absolute atomic E-state index is 11.7. The van der Waals surface area contributed by atoms with Crippen LogP contribution in [0.3, 0.4) is 0 Å². The summed E-state index contributed by atoms with van der Waals surface area (Å²) in [6.07, 6.45) is 1.62. The number of ether oxygens (including phenoxy) is 1. The molecule has 0 atom stereocenters. The van der Waals surface area contributed by atoms with Gasteiger partial charge in [-0.2, -0.15) is 0 Å². The third-order valence-electron chi connectivity index (χ3n) is 2.97. The fourth-order valence-corrected chi connectivity index (χ4v) is 1.72. The zero-order chi connectivity index (χ0) is 15.9. The molecule has 6 heteroatoms. The van der Waals surface area contributed by atoms with E-state index in [0.29, 0.717) is 5.82 Å². The Morgan fingerprint density at radius 3 is 2.41 bits per heavy atom. The molecule has 0 unspecified atom stereocenters. The van der Waals surface area contributed by atoms with E-state index in [0.717, 1.165) is 16.9 Å². The molecule has 0 radical (unpaired) electrons. The van der Waals surface area contributed by atoms with E-state index in [-0.39, 0.29) is 6.54 Å². The number of aromatic nitrogens is 1. The summed E-state index contributed by atoms with van der Waals surface area (Å²) in [4.78, 5) is 27.5. The fraction of sp³-hybridized carbons (Fsp3) is 0.188. The molecule has 0 aliphatic heterocycles. The maximum atomic E-state index is 11.7. The van der Waals surface area contributed by atoms with Crippen LogP contribution in [0.2, 0.25) is 0 Å². The zero-order valence-electron chi connectivity index (χ0n) is 12.4. The van der Waals surface area contributed by atoms with Crippen LogP contribution >= 0.6 is 0 Å². The van der Waals surface area contributed by atoms with Gasteiger partial charge >= 0.3 is 11.8 Å². The van der Waals surface area contributed by atoms with Crippen molar-refractivity contribution in [2.45, 2.75) is 13.5 Å². The zero-order valence-corrected chi connectivity index (χ0v) is 12.4. The normalized spacial score (nSPS) is 9.91. The van der Waals surface area contributed by atoms with Crippen LogP contribution in [0.5, 0.6) is 5.75 Å². The second-order valence-electron chi connectivity index (χ2n) is 4.71. The van der Waals surface area contributed by atoms with Crippen LogP contribution in [0.4, 0.5) is 5.82 Å². The van der Waals surface area contributed by atoms with Gasteiger partial charge in [0.1, 0.15) is 11.6 Å². The van der Waals surface area contributed by atoms with Gasteiger partial charge in [-0.15, -0.1) is 0 Å². The number of hydrogen-bond acceptors (Lipinski definition) is 4. The second kappa shape index (κ2) is 7.21. The van der Waals surface area contributed by atoms with Crippen LogP contribution in [0, 0.1) is 6.92 Å². The summed E-state index contributed by atoms with van der Waals surface area (Å²) < 4.78 is 5.05. The summed E-state index contributed by atoms with van der Waals surface area (Å²) in [6.45, 7) is 2.15. The van der Waals surface area contributed by atoms with Gasteiger partial charge < -0.3 is 15.4 Å². The van der Waals surface area contributed by atoms with E-state index in [1.807, 2.05) is 19.1 Å². The molecule has 0 aliphatic rings. The van der Waals surface area contributed by atoms with E-state index in [9.17, 15) is 9.59 Å². The first-order chi connectivity index (χ1) is 10.6. The topological polar surface area (TPSA) is 80.3 Å². The van der Waals surface area contributed by atoms with Gasteiger partial charge in [0, 0.05) is 12.7 Å². The highest BCUT2D eigenvalue weighted by atomic mass is 16.5. The van der Waals surface area contributed by atoms with Crippen LogP contribution in [-0.4, -0.2) is 23.9 Å². The third kappa shape index (κ3) is 4.31. The summed E-state index contributed by atoms with van der Waals surface area (Å²) in [5.41, 5.74) is 1.84. The van der Waals surface area contributed by atoms with Crippen molar-refractivity contribution in [1.82, 2.24) is 10.3 Å². The van der Waals surface area contributed by atoms with Gasteiger partial charge in [0.15, 0.2) is 0 Å². The van der Waals surface area contributed by atoms with E-state index < -0.39 is 11.8 Å². The van der Waals surface area contributed by atoms with Gasteiger partial charge in [-0.3, -0.25) is 9.59 Å². The highest BCUT2D eigenvalue weighted by Crippen LogP contribution is 2.11. The molecule has 1 aromatic carbocycles. The Labute approximate surface area is 128 Å². The molecule has 2 aromatic rings. The van der Waals surface area contributed by atoms with Crippen LogP contribution in [0.15, 0.2) is 42.6 Å². The predicted molar refractivity (Wildman–Crippen MR) is 82.4 cm³/mol. The number of carbonyl (C=O) groups is 2. The number of nitrogens with zero attached hydrogens (tertiary/aromatic N) is 1. The number of rotatable bonds is 4. The number of pyridine rings is 1. The Bertz CT molecular complexity index is 651. The summed E-state index contributed by atoms with van der Waals surface area (Å²) in [5.74, 6) is -0.378. The molecule has 1 aromatic heterocycles. The first-order valence-corrected chi connectivity index (χ1v) is 6.73. The average Bonchev–Trinajstić information content (AvgIpc) is 2.55. The summed E-state index contributed by atoms with van der Waals surface area (Å²) >= 11 is 0. The molecule has 1 heterocycles. The van der Waals surface area contributed by atoms with Crippen molar-refractivity contribution in [3.8, 4) is 5.75 Å². The summed E-state index contributed by atoms with van der Waals surface area (Å²) in [7, 11) is 1.58. The molecule has 0 spiro atoms. The number of amides is 2. The Kier molecular flexibility index (Phi) is 5.08. The van der Waals surface area contributed by atoms with Crippen molar-refractivity contribution >= 4 is 17.6 Å². The number of carbonyl (C=O) groups excluding carboxylic acids is 2. The molecule has 0 aliphatic carbocycles. The minimum Gasteiger partial charge on any atom is -0.497 e. The lowest BCUT2D eigenvalue weighted by Crippen LogP contribution is -2.35. The smallest absolute Gasteiger partial charge is 0.314 e. The summed E-state index contributed by atoms with van der Waals surface area (Å²) in [5, 5.41) is 4.99. The predicted octanol–water partition coefficient (Wildman–Crippen LogP) is 1.65. The molecular weight excluding hydrogens is 282 g/mol. The van der Waals surface area contributed by atoms with E-state index in [1.165, 1.54) is 0 Å². The molecule has 114 valence electrons. The molecule has 2 rings (SSSR count). The Morgan fingerprint density at radius 1 is 1.09 bits per heavy atom. The molecule has 0 bridgehead atoms. The number of aryl methyl sites for hydroxylation is 1. The minimum absolute atomic E-state index is 0.261. The number of methoxy groups -OCH3 is 1. The van der Waals surface area contributed by atoms with Crippen molar-refractivity contribution in [3.63, 3.8) is 0 Å². The van der Waals surface area contributed by atoms with Crippen molar-refractivity contribution in [1.29, 1.82) is 0 Å². The van der Waals surface area contributed by atoms with E-state index in [4.69, 9.17) is 4.74 Å². The minimum atomic E-state index is -0.745. The Morgan fingerprint density at radius 2 is 1.82 bits per heavy atom. The van der Waals surface area contributed by atoms with Crippen molar-refractivity contribution in [2.24, 2.45) is 0 Å². The molecule has 2 N–H and O–H groups in total. The molecule has 0 saturated heterocycles. The van der Waals surface area contributed by atoms with Gasteiger partial charge in [-0.25, -0.2) is 4.98 Å². The number of benzene rings is 1. The second-order valence-corrected chi connectivity index (χ2v) is 4.71. The molecule has 0 saturated carbocycles. The number of anilines is 1. The molecule has 2 amide bonds. The molecule has 6 nitrogen and oxygen atoms in total. The lowest BCUT2D eigenvalue weighted by atomic mass is 10.2. The SMILES string of the molecule is COc1ccc(CNC(=O)C(=O)Nc2ccc(C)cn2)cc1. The van der Waals surface area contributed by atoms with Crippen molar-refractivity contribution in [2.75, 3.05) is 12.4 Å². The summed E-state index contributed by atoms with van der Waals surface area (Å²) in [6, 6.07) is 10.7. The Balaban J connectivity index is 1.85. The van der Waals surface area contributed by atoms with E-state index in [1.54, 1.807) is 37.6 Å². The quantitative estimate of drug-likeness (QED) is 0.841. The standard InChI is InChI=1S/C16H17N3O3/c1-11-3-8-14(17-9-11)19-16(21)15(20)18-10-12-4-6-13(22-2)7-5-12/h3-9H,10H2,1-2H3,(H,18,20)(H,17,19,21). The third-order valence-corrected chi connectivity index (χ3v) is 2.97. The first-order valence-electron chi connectivity index (χ1n) is 6.73. The lowest BCUT2D eigenvalue weighted by molar-refractivity contribution is -0.136. The van der Waals surface area contributed by atoms with Gasteiger partial charge in [-0.1, -0.05) is 18.2 Å². The van der Waals surface area contributed by atoms with Gasteiger partial charge in [0.25, 0.3) is 0 Å². The monoisotopic (exact) mass is 299 g/mol. The lowest BCUT2D eigenvalue weighted by Gasteiger charge is -2.07. The van der Waals surface area contributed by atoms with Crippen LogP contribution in [0.25, 0.3) is 0 Å². The fourth-order valence-electron chi connectivity index (χ4n) is 1.72. The average molecular weight is 299 g/mol. The van der Waals surface area contributed by atoms with Gasteiger partial charge in [-0.05, 0) is 36.2 Å². The largest absolute Gasteiger partial charge is 0.497 e. The van der Waals surface area contributed by atoms with E-state index >= 15 is 0 Å². The Hall–Kier alpha value is -2.89. The number of nitrogens with one attached hydrogen (secondary N) is 2. The van der Waals surface area contributed by atoms with Gasteiger partial charge in [0.2, 0.25) is 0 Å². The molecular formula is C16H17N3O3. The first kappa shape index (κ1) is 15.5. The highest BCUT2D eigenvalue weighted by Gasteiger charge is 2.13. The maximum Gasteiger partial charge on any atom is 0.314 e. The van der Waals surface area contributed by atoms with Gasteiger partial charge in [0.05, 0.1) is 7.11 Å².